The number of imidazole rings is 1. The van der Waals surface area contributed by atoms with Crippen molar-refractivity contribution in [3.05, 3.63) is 40.1 Å². The lowest BCUT2D eigenvalue weighted by Crippen LogP contribution is -2.36. The SMILES string of the molecule is O=C(Cc1cccs1)N1CCc2nc[nH]c2C1. The fraction of sp³-hybridized carbons (Fsp3) is 0.333. The number of carbonyl (C=O) groups excluding carboxylic acids is 1. The lowest BCUT2D eigenvalue weighted by Gasteiger charge is -2.26. The molecule has 0 saturated heterocycles. The molecule has 2 aromatic heterocycles. The Morgan fingerprint density at radius 3 is 3.35 bits per heavy atom. The van der Waals surface area contributed by atoms with Gasteiger partial charge < -0.3 is 9.88 Å². The summed E-state index contributed by atoms with van der Waals surface area (Å²) in [5.74, 6) is 0.202. The largest absolute Gasteiger partial charge is 0.347 e. The van der Waals surface area contributed by atoms with E-state index in [1.807, 2.05) is 22.4 Å². The predicted octanol–water partition coefficient (Wildman–Crippen LogP) is 1.60. The number of aromatic amines is 1. The molecule has 1 N–H and O–H groups in total. The van der Waals surface area contributed by atoms with Crippen molar-refractivity contribution in [2.24, 2.45) is 0 Å². The molecule has 3 rings (SSSR count). The number of thiophene rings is 1. The van der Waals surface area contributed by atoms with Crippen LogP contribution in [0.2, 0.25) is 0 Å². The van der Waals surface area contributed by atoms with Crippen LogP contribution in [0.5, 0.6) is 0 Å². The molecule has 0 spiro atoms. The van der Waals surface area contributed by atoms with Gasteiger partial charge in [0.15, 0.2) is 0 Å². The van der Waals surface area contributed by atoms with E-state index in [2.05, 4.69) is 9.97 Å². The summed E-state index contributed by atoms with van der Waals surface area (Å²) < 4.78 is 0. The van der Waals surface area contributed by atoms with E-state index in [4.69, 9.17) is 0 Å². The van der Waals surface area contributed by atoms with Crippen LogP contribution in [0.3, 0.4) is 0 Å². The van der Waals surface area contributed by atoms with Crippen LogP contribution in [-0.2, 0) is 24.2 Å². The van der Waals surface area contributed by atoms with Gasteiger partial charge in [-0.05, 0) is 11.4 Å². The molecule has 0 aromatic carbocycles. The van der Waals surface area contributed by atoms with Crippen LogP contribution in [0.25, 0.3) is 0 Å². The van der Waals surface area contributed by atoms with Gasteiger partial charge in [-0.15, -0.1) is 11.3 Å². The smallest absolute Gasteiger partial charge is 0.228 e. The Hall–Kier alpha value is -1.62. The fourth-order valence-electron chi connectivity index (χ4n) is 2.10. The Morgan fingerprint density at radius 2 is 2.53 bits per heavy atom. The molecule has 4 nitrogen and oxygen atoms in total. The topological polar surface area (TPSA) is 49.0 Å². The first-order valence-electron chi connectivity index (χ1n) is 5.64. The number of rotatable bonds is 2. The first-order chi connectivity index (χ1) is 8.33. The van der Waals surface area contributed by atoms with Crippen molar-refractivity contribution in [3.8, 4) is 0 Å². The maximum Gasteiger partial charge on any atom is 0.228 e. The second-order valence-corrected chi connectivity index (χ2v) is 5.18. The highest BCUT2D eigenvalue weighted by Crippen LogP contribution is 2.17. The molecule has 88 valence electrons. The van der Waals surface area contributed by atoms with Gasteiger partial charge in [-0.1, -0.05) is 6.07 Å². The van der Waals surface area contributed by atoms with Gasteiger partial charge in [0, 0.05) is 17.8 Å². The van der Waals surface area contributed by atoms with E-state index in [0.717, 1.165) is 29.2 Å². The first kappa shape index (κ1) is 10.5. The van der Waals surface area contributed by atoms with Crippen molar-refractivity contribution < 1.29 is 4.79 Å². The molecule has 1 aliphatic heterocycles. The average Bonchev–Trinajstić information content (AvgIpc) is 2.97. The average molecular weight is 247 g/mol. The van der Waals surface area contributed by atoms with E-state index in [-0.39, 0.29) is 5.91 Å². The van der Waals surface area contributed by atoms with Crippen molar-refractivity contribution in [2.45, 2.75) is 19.4 Å². The fourth-order valence-corrected chi connectivity index (χ4v) is 2.80. The van der Waals surface area contributed by atoms with Gasteiger partial charge in [0.1, 0.15) is 0 Å². The van der Waals surface area contributed by atoms with Crippen molar-refractivity contribution in [1.82, 2.24) is 14.9 Å². The maximum absolute atomic E-state index is 12.1. The second-order valence-electron chi connectivity index (χ2n) is 4.15. The molecule has 2 aromatic rings. The highest BCUT2D eigenvalue weighted by Gasteiger charge is 2.22. The molecule has 0 aliphatic carbocycles. The zero-order valence-electron chi connectivity index (χ0n) is 9.35. The van der Waals surface area contributed by atoms with Crippen LogP contribution in [0.4, 0.5) is 0 Å². The molecule has 1 aliphatic rings. The first-order valence-corrected chi connectivity index (χ1v) is 6.52. The minimum Gasteiger partial charge on any atom is -0.347 e. The summed E-state index contributed by atoms with van der Waals surface area (Å²) in [5, 5.41) is 2.01. The molecule has 0 saturated carbocycles. The van der Waals surface area contributed by atoms with E-state index < -0.39 is 0 Å². The minimum absolute atomic E-state index is 0.202. The second kappa shape index (κ2) is 4.33. The van der Waals surface area contributed by atoms with Crippen molar-refractivity contribution in [3.63, 3.8) is 0 Å². The summed E-state index contributed by atoms with van der Waals surface area (Å²) in [5.41, 5.74) is 2.18. The zero-order chi connectivity index (χ0) is 11.7. The molecule has 0 fully saturated rings. The maximum atomic E-state index is 12.1. The Kier molecular flexibility index (Phi) is 2.68. The highest BCUT2D eigenvalue weighted by molar-refractivity contribution is 7.10. The third-order valence-corrected chi connectivity index (χ3v) is 3.91. The molecule has 3 heterocycles. The Balaban J connectivity index is 1.68. The summed E-state index contributed by atoms with van der Waals surface area (Å²) in [6, 6.07) is 3.99. The lowest BCUT2D eigenvalue weighted by molar-refractivity contribution is -0.131. The van der Waals surface area contributed by atoms with Gasteiger partial charge in [0.2, 0.25) is 5.91 Å². The molecule has 0 bridgehead atoms. The number of hydrogen-bond acceptors (Lipinski definition) is 3. The quantitative estimate of drug-likeness (QED) is 0.876. The van der Waals surface area contributed by atoms with Crippen LogP contribution in [0, 0.1) is 0 Å². The number of fused-ring (bicyclic) bond motifs is 1. The number of nitrogens with one attached hydrogen (secondary N) is 1. The number of amides is 1. The Labute approximate surface area is 103 Å². The van der Waals surface area contributed by atoms with Crippen molar-refractivity contribution in [2.75, 3.05) is 6.54 Å². The van der Waals surface area contributed by atoms with Gasteiger partial charge in [-0.2, -0.15) is 0 Å². The number of nitrogens with zero attached hydrogens (tertiary/aromatic N) is 2. The van der Waals surface area contributed by atoms with Gasteiger partial charge in [0.25, 0.3) is 0 Å². The van der Waals surface area contributed by atoms with E-state index in [9.17, 15) is 4.79 Å². The van der Waals surface area contributed by atoms with Crippen LogP contribution >= 0.6 is 11.3 Å². The summed E-state index contributed by atoms with van der Waals surface area (Å²) >= 11 is 1.63. The summed E-state index contributed by atoms with van der Waals surface area (Å²) in [4.78, 5) is 22.5. The number of hydrogen-bond donors (Lipinski definition) is 1. The molecule has 0 radical (unpaired) electrons. The highest BCUT2D eigenvalue weighted by atomic mass is 32.1. The normalized spacial score (nSPS) is 14.7. The lowest BCUT2D eigenvalue weighted by atomic mass is 10.1. The van der Waals surface area contributed by atoms with E-state index in [0.29, 0.717) is 13.0 Å². The zero-order valence-corrected chi connectivity index (χ0v) is 10.2. The van der Waals surface area contributed by atoms with E-state index >= 15 is 0 Å². The number of carbonyl (C=O) groups is 1. The van der Waals surface area contributed by atoms with Crippen LogP contribution in [0.15, 0.2) is 23.8 Å². The molecule has 5 heteroatoms. The van der Waals surface area contributed by atoms with Gasteiger partial charge in [0.05, 0.1) is 30.7 Å². The van der Waals surface area contributed by atoms with Crippen LogP contribution in [0.1, 0.15) is 16.3 Å². The minimum atomic E-state index is 0.202. The molecular weight excluding hydrogens is 234 g/mol. The summed E-state index contributed by atoms with van der Waals surface area (Å²) in [6.45, 7) is 1.45. The number of H-pyrrole nitrogens is 1. The monoisotopic (exact) mass is 247 g/mol. The molecule has 17 heavy (non-hydrogen) atoms. The van der Waals surface area contributed by atoms with E-state index in [1.54, 1.807) is 17.7 Å². The standard InChI is InChI=1S/C12H13N3OS/c16-12(6-9-2-1-5-17-9)15-4-3-10-11(7-15)14-8-13-10/h1-2,5,8H,3-4,6-7H2,(H,13,14). The molecular formula is C12H13N3OS. The molecule has 0 unspecified atom stereocenters. The summed E-state index contributed by atoms with van der Waals surface area (Å²) in [7, 11) is 0. The molecule has 1 amide bonds. The van der Waals surface area contributed by atoms with E-state index in [1.165, 1.54) is 0 Å². The summed E-state index contributed by atoms with van der Waals surface area (Å²) in [6.07, 6.45) is 3.08. The van der Waals surface area contributed by atoms with Gasteiger partial charge in [-0.25, -0.2) is 4.98 Å². The van der Waals surface area contributed by atoms with Gasteiger partial charge in [-0.3, -0.25) is 4.79 Å². The van der Waals surface area contributed by atoms with Gasteiger partial charge >= 0.3 is 0 Å². The Bertz CT molecular complexity index is 518. The third-order valence-electron chi connectivity index (χ3n) is 3.03. The van der Waals surface area contributed by atoms with Crippen LogP contribution in [-0.4, -0.2) is 27.3 Å². The number of aromatic nitrogens is 2. The third kappa shape index (κ3) is 2.10. The van der Waals surface area contributed by atoms with Crippen molar-refractivity contribution >= 4 is 17.2 Å². The van der Waals surface area contributed by atoms with Crippen molar-refractivity contribution in [1.29, 1.82) is 0 Å². The Morgan fingerprint density at radius 1 is 1.59 bits per heavy atom. The predicted molar refractivity (Wildman–Crippen MR) is 65.7 cm³/mol. The molecule has 0 atom stereocenters. The van der Waals surface area contributed by atoms with Crippen LogP contribution < -0.4 is 0 Å².